The van der Waals surface area contributed by atoms with Crippen LogP contribution in [0.2, 0.25) is 10.0 Å². The Balaban J connectivity index is 2.51. The Morgan fingerprint density at radius 3 is 2.56 bits per heavy atom. The van der Waals surface area contributed by atoms with Crippen molar-refractivity contribution in [1.29, 1.82) is 0 Å². The van der Waals surface area contributed by atoms with E-state index < -0.39 is 0 Å². The van der Waals surface area contributed by atoms with Crippen LogP contribution in [0.4, 0.5) is 0 Å². The number of hydrogen-bond donors (Lipinski definition) is 2. The monoisotopic (exact) mass is 262 g/mol. The largest absolute Gasteiger partial charge is 0.481 e. The minimum atomic E-state index is -0.263. The van der Waals surface area contributed by atoms with E-state index in [4.69, 9.17) is 33.7 Å². The Kier molecular flexibility index (Phi) is 5.38. The van der Waals surface area contributed by atoms with E-state index in [2.05, 4.69) is 5.32 Å². The molecule has 1 aromatic rings. The topological polar surface area (TPSA) is 64.3 Å². The van der Waals surface area contributed by atoms with Gasteiger partial charge in [-0.2, -0.15) is 0 Å². The number of halogens is 2. The summed E-state index contributed by atoms with van der Waals surface area (Å²) < 4.78 is 5.21. The number of amides is 1. The number of carbonyl (C=O) groups is 1. The first kappa shape index (κ1) is 13.1. The number of ether oxygens (including phenoxy) is 1. The molecule has 0 saturated carbocycles. The average molecular weight is 263 g/mol. The SMILES string of the molecule is NCCNC(=O)COc1c(Cl)cccc1Cl. The molecule has 3 N–H and O–H groups in total. The van der Waals surface area contributed by atoms with Gasteiger partial charge >= 0.3 is 0 Å². The Bertz CT molecular complexity index is 352. The van der Waals surface area contributed by atoms with Crippen molar-refractivity contribution < 1.29 is 9.53 Å². The summed E-state index contributed by atoms with van der Waals surface area (Å²) in [4.78, 5) is 11.2. The normalized spacial score (nSPS) is 9.94. The predicted molar refractivity (Wildman–Crippen MR) is 64.0 cm³/mol. The fraction of sp³-hybridized carbons (Fsp3) is 0.300. The minimum absolute atomic E-state index is 0.135. The van der Waals surface area contributed by atoms with E-state index in [1.54, 1.807) is 18.2 Å². The van der Waals surface area contributed by atoms with Gasteiger partial charge in [0.25, 0.3) is 5.91 Å². The van der Waals surface area contributed by atoms with Crippen LogP contribution in [0.1, 0.15) is 0 Å². The van der Waals surface area contributed by atoms with Gasteiger partial charge in [0, 0.05) is 13.1 Å². The Morgan fingerprint density at radius 2 is 2.00 bits per heavy atom. The molecule has 0 unspecified atom stereocenters. The Hall–Kier alpha value is -0.970. The third-order valence-corrected chi connectivity index (χ3v) is 2.33. The van der Waals surface area contributed by atoms with Crippen LogP contribution in [-0.4, -0.2) is 25.6 Å². The van der Waals surface area contributed by atoms with E-state index in [1.807, 2.05) is 0 Å². The van der Waals surface area contributed by atoms with Crippen molar-refractivity contribution in [3.05, 3.63) is 28.2 Å². The Morgan fingerprint density at radius 1 is 1.38 bits per heavy atom. The lowest BCUT2D eigenvalue weighted by Crippen LogP contribution is -2.32. The van der Waals surface area contributed by atoms with Crippen molar-refractivity contribution in [3.63, 3.8) is 0 Å². The molecule has 0 heterocycles. The highest BCUT2D eigenvalue weighted by molar-refractivity contribution is 6.37. The highest BCUT2D eigenvalue weighted by atomic mass is 35.5. The molecular weight excluding hydrogens is 251 g/mol. The summed E-state index contributed by atoms with van der Waals surface area (Å²) in [5.41, 5.74) is 5.23. The maximum Gasteiger partial charge on any atom is 0.257 e. The standard InChI is InChI=1S/C10H12Cl2N2O2/c11-7-2-1-3-8(12)10(7)16-6-9(15)14-5-4-13/h1-3H,4-6,13H2,(H,14,15). The molecule has 16 heavy (non-hydrogen) atoms. The number of carbonyl (C=O) groups excluding carboxylic acids is 1. The van der Waals surface area contributed by atoms with E-state index in [9.17, 15) is 4.79 Å². The highest BCUT2D eigenvalue weighted by Crippen LogP contribution is 2.32. The fourth-order valence-corrected chi connectivity index (χ4v) is 1.53. The minimum Gasteiger partial charge on any atom is -0.481 e. The lowest BCUT2D eigenvalue weighted by molar-refractivity contribution is -0.123. The number of hydrogen-bond acceptors (Lipinski definition) is 3. The maximum atomic E-state index is 11.2. The van der Waals surface area contributed by atoms with E-state index in [0.29, 0.717) is 28.9 Å². The van der Waals surface area contributed by atoms with Crippen molar-refractivity contribution in [1.82, 2.24) is 5.32 Å². The summed E-state index contributed by atoms with van der Waals surface area (Å²) in [7, 11) is 0. The van der Waals surface area contributed by atoms with E-state index in [1.165, 1.54) is 0 Å². The molecule has 1 aromatic carbocycles. The molecule has 0 saturated heterocycles. The van der Waals surface area contributed by atoms with E-state index in [0.717, 1.165) is 0 Å². The number of rotatable bonds is 5. The average Bonchev–Trinajstić information content (AvgIpc) is 2.25. The van der Waals surface area contributed by atoms with Crippen LogP contribution in [0.5, 0.6) is 5.75 Å². The molecule has 0 fully saturated rings. The van der Waals surface area contributed by atoms with Gasteiger partial charge in [0.05, 0.1) is 10.0 Å². The molecule has 0 radical (unpaired) electrons. The second-order valence-electron chi connectivity index (χ2n) is 2.98. The summed E-state index contributed by atoms with van der Waals surface area (Å²) in [5.74, 6) is 0.0511. The van der Waals surface area contributed by atoms with Gasteiger partial charge in [0.2, 0.25) is 0 Å². The van der Waals surface area contributed by atoms with Crippen molar-refractivity contribution in [2.24, 2.45) is 5.73 Å². The molecule has 0 atom stereocenters. The summed E-state index contributed by atoms with van der Waals surface area (Å²) in [6.07, 6.45) is 0. The number of benzene rings is 1. The molecule has 0 aromatic heterocycles. The first-order valence-corrected chi connectivity index (χ1v) is 5.44. The van der Waals surface area contributed by atoms with Crippen molar-refractivity contribution in [2.75, 3.05) is 19.7 Å². The van der Waals surface area contributed by atoms with Crippen LogP contribution < -0.4 is 15.8 Å². The van der Waals surface area contributed by atoms with Crippen LogP contribution in [0.15, 0.2) is 18.2 Å². The first-order valence-electron chi connectivity index (χ1n) is 4.68. The van der Waals surface area contributed by atoms with E-state index in [-0.39, 0.29) is 12.5 Å². The van der Waals surface area contributed by atoms with Gasteiger partial charge in [0.15, 0.2) is 12.4 Å². The van der Waals surface area contributed by atoms with Crippen LogP contribution >= 0.6 is 23.2 Å². The van der Waals surface area contributed by atoms with Crippen molar-refractivity contribution in [3.8, 4) is 5.75 Å². The van der Waals surface area contributed by atoms with Crippen LogP contribution in [0, 0.1) is 0 Å². The second kappa shape index (κ2) is 6.58. The molecule has 6 heteroatoms. The van der Waals surface area contributed by atoms with Crippen molar-refractivity contribution >= 4 is 29.1 Å². The molecule has 1 rings (SSSR count). The number of nitrogens with one attached hydrogen (secondary N) is 1. The van der Waals surface area contributed by atoms with Gasteiger partial charge in [-0.15, -0.1) is 0 Å². The van der Waals surface area contributed by atoms with Gasteiger partial charge in [-0.1, -0.05) is 29.3 Å². The van der Waals surface area contributed by atoms with Gasteiger partial charge < -0.3 is 15.8 Å². The summed E-state index contributed by atoms with van der Waals surface area (Å²) in [6.45, 7) is 0.667. The zero-order chi connectivity index (χ0) is 12.0. The molecule has 0 bridgehead atoms. The molecule has 0 aliphatic rings. The Labute approximate surface area is 104 Å². The van der Waals surface area contributed by atoms with Gasteiger partial charge in [-0.05, 0) is 12.1 Å². The third kappa shape index (κ3) is 3.89. The zero-order valence-electron chi connectivity index (χ0n) is 8.50. The summed E-state index contributed by atoms with van der Waals surface area (Å²) in [5, 5.41) is 3.31. The molecule has 4 nitrogen and oxygen atoms in total. The first-order chi connectivity index (χ1) is 7.65. The smallest absolute Gasteiger partial charge is 0.257 e. The number of nitrogens with two attached hydrogens (primary N) is 1. The quantitative estimate of drug-likeness (QED) is 0.845. The van der Waals surface area contributed by atoms with Crippen LogP contribution in [0.25, 0.3) is 0 Å². The summed E-state index contributed by atoms with van der Waals surface area (Å²) in [6, 6.07) is 4.98. The molecular formula is C10H12Cl2N2O2. The third-order valence-electron chi connectivity index (χ3n) is 1.73. The molecule has 0 aliphatic heterocycles. The lowest BCUT2D eigenvalue weighted by atomic mass is 10.3. The van der Waals surface area contributed by atoms with Crippen molar-refractivity contribution in [2.45, 2.75) is 0 Å². The molecule has 1 amide bonds. The molecule has 0 spiro atoms. The van der Waals surface area contributed by atoms with Crippen LogP contribution in [-0.2, 0) is 4.79 Å². The molecule has 0 aliphatic carbocycles. The van der Waals surface area contributed by atoms with Gasteiger partial charge in [-0.25, -0.2) is 0 Å². The zero-order valence-corrected chi connectivity index (χ0v) is 10.0. The number of para-hydroxylation sites is 1. The highest BCUT2D eigenvalue weighted by Gasteiger charge is 2.08. The molecule has 88 valence electrons. The lowest BCUT2D eigenvalue weighted by Gasteiger charge is -2.09. The van der Waals surface area contributed by atoms with Gasteiger partial charge in [-0.3, -0.25) is 4.79 Å². The fourth-order valence-electron chi connectivity index (χ4n) is 1.02. The predicted octanol–water partition coefficient (Wildman–Crippen LogP) is 1.45. The second-order valence-corrected chi connectivity index (χ2v) is 3.79. The van der Waals surface area contributed by atoms with Crippen LogP contribution in [0.3, 0.4) is 0 Å². The maximum absolute atomic E-state index is 11.2. The van der Waals surface area contributed by atoms with E-state index >= 15 is 0 Å². The van der Waals surface area contributed by atoms with Gasteiger partial charge in [0.1, 0.15) is 0 Å². The summed E-state index contributed by atoms with van der Waals surface area (Å²) >= 11 is 11.7.